The zero-order valence-electron chi connectivity index (χ0n) is 8.75. The number of nitrogens with zero attached hydrogens (tertiary/aromatic N) is 2. The van der Waals surface area contributed by atoms with Crippen LogP contribution in [0.3, 0.4) is 0 Å². The Morgan fingerprint density at radius 2 is 2.27 bits per heavy atom. The van der Waals surface area contributed by atoms with Crippen LogP contribution in [0.2, 0.25) is 0 Å². The van der Waals surface area contributed by atoms with Crippen LogP contribution in [0.1, 0.15) is 30.4 Å². The quantitative estimate of drug-likeness (QED) is 0.740. The van der Waals surface area contributed by atoms with Gasteiger partial charge in [-0.1, -0.05) is 0 Å². The lowest BCUT2D eigenvalue weighted by atomic mass is 10.2. The first-order chi connectivity index (χ1) is 7.33. The van der Waals surface area contributed by atoms with Gasteiger partial charge in [-0.05, 0) is 38.4 Å². The minimum absolute atomic E-state index is 0.388. The summed E-state index contributed by atoms with van der Waals surface area (Å²) in [5.74, 6) is 1.03. The van der Waals surface area contributed by atoms with E-state index in [0.717, 1.165) is 29.2 Å². The molecule has 1 saturated heterocycles. The second-order valence-electron chi connectivity index (χ2n) is 4.09. The summed E-state index contributed by atoms with van der Waals surface area (Å²) in [6.07, 6.45) is 2.40. The van der Waals surface area contributed by atoms with Crippen LogP contribution in [0.25, 0.3) is 11.2 Å². The van der Waals surface area contributed by atoms with Crippen molar-refractivity contribution < 1.29 is 0 Å². The summed E-state index contributed by atoms with van der Waals surface area (Å²) in [6, 6.07) is 4.44. The molecule has 0 saturated carbocycles. The van der Waals surface area contributed by atoms with E-state index in [9.17, 15) is 0 Å². The Morgan fingerprint density at radius 1 is 1.33 bits per heavy atom. The number of pyridine rings is 1. The molecule has 78 valence electrons. The first-order valence-electron chi connectivity index (χ1n) is 5.39. The Hall–Kier alpha value is -1.42. The molecule has 1 atom stereocenters. The molecule has 1 aliphatic rings. The molecule has 2 aromatic heterocycles. The summed E-state index contributed by atoms with van der Waals surface area (Å²) in [4.78, 5) is 12.3. The number of hydrogen-bond donors (Lipinski definition) is 2. The number of imidazole rings is 1. The SMILES string of the molecule is Cc1ccc2[nH]c(C3CCCN3)nc2n1. The number of aromatic nitrogens is 3. The van der Waals surface area contributed by atoms with Crippen LogP contribution in [0, 0.1) is 6.92 Å². The van der Waals surface area contributed by atoms with Crippen LogP contribution in [0.4, 0.5) is 0 Å². The van der Waals surface area contributed by atoms with Gasteiger partial charge >= 0.3 is 0 Å². The molecule has 3 heterocycles. The summed E-state index contributed by atoms with van der Waals surface area (Å²) < 4.78 is 0. The lowest BCUT2D eigenvalue weighted by molar-refractivity contribution is 0.614. The van der Waals surface area contributed by atoms with E-state index in [4.69, 9.17) is 0 Å². The predicted octanol–water partition coefficient (Wildman–Crippen LogP) is 1.69. The van der Waals surface area contributed by atoms with Crippen molar-refractivity contribution in [3.8, 4) is 0 Å². The molecule has 0 bridgehead atoms. The van der Waals surface area contributed by atoms with Crippen molar-refractivity contribution in [2.75, 3.05) is 6.54 Å². The van der Waals surface area contributed by atoms with Gasteiger partial charge in [-0.3, -0.25) is 0 Å². The molecule has 1 unspecified atom stereocenters. The highest BCUT2D eigenvalue weighted by molar-refractivity contribution is 5.70. The van der Waals surface area contributed by atoms with E-state index in [1.165, 1.54) is 12.8 Å². The molecule has 3 rings (SSSR count). The smallest absolute Gasteiger partial charge is 0.177 e. The fraction of sp³-hybridized carbons (Fsp3) is 0.455. The molecular weight excluding hydrogens is 188 g/mol. The number of hydrogen-bond acceptors (Lipinski definition) is 3. The minimum Gasteiger partial charge on any atom is -0.339 e. The molecule has 0 radical (unpaired) electrons. The van der Waals surface area contributed by atoms with Crippen LogP contribution in [0.5, 0.6) is 0 Å². The van der Waals surface area contributed by atoms with Crippen LogP contribution in [0.15, 0.2) is 12.1 Å². The van der Waals surface area contributed by atoms with Gasteiger partial charge in [0.25, 0.3) is 0 Å². The van der Waals surface area contributed by atoms with Gasteiger partial charge in [0.15, 0.2) is 5.65 Å². The van der Waals surface area contributed by atoms with Gasteiger partial charge in [-0.2, -0.15) is 0 Å². The van der Waals surface area contributed by atoms with Gasteiger partial charge in [0.1, 0.15) is 5.82 Å². The van der Waals surface area contributed by atoms with Crippen molar-refractivity contribution in [3.63, 3.8) is 0 Å². The highest BCUT2D eigenvalue weighted by Crippen LogP contribution is 2.22. The molecule has 4 heteroatoms. The highest BCUT2D eigenvalue weighted by Gasteiger charge is 2.19. The third-order valence-electron chi connectivity index (χ3n) is 2.89. The maximum Gasteiger partial charge on any atom is 0.177 e. The molecule has 0 aromatic carbocycles. The Morgan fingerprint density at radius 3 is 3.07 bits per heavy atom. The van der Waals surface area contributed by atoms with E-state index in [2.05, 4.69) is 20.3 Å². The third-order valence-corrected chi connectivity index (χ3v) is 2.89. The van der Waals surface area contributed by atoms with Crippen LogP contribution in [-0.4, -0.2) is 21.5 Å². The summed E-state index contributed by atoms with van der Waals surface area (Å²) >= 11 is 0. The molecule has 15 heavy (non-hydrogen) atoms. The third kappa shape index (κ3) is 1.51. The van der Waals surface area contributed by atoms with Crippen molar-refractivity contribution in [3.05, 3.63) is 23.7 Å². The molecule has 4 nitrogen and oxygen atoms in total. The van der Waals surface area contributed by atoms with Crippen LogP contribution < -0.4 is 5.32 Å². The lowest BCUT2D eigenvalue weighted by Crippen LogP contribution is -2.14. The number of fused-ring (bicyclic) bond motifs is 1. The second kappa shape index (κ2) is 3.31. The normalized spacial score (nSPS) is 21.3. The largest absolute Gasteiger partial charge is 0.339 e. The van der Waals surface area contributed by atoms with Gasteiger partial charge in [0.05, 0.1) is 11.6 Å². The van der Waals surface area contributed by atoms with Gasteiger partial charge in [-0.15, -0.1) is 0 Å². The van der Waals surface area contributed by atoms with E-state index in [-0.39, 0.29) is 0 Å². The predicted molar refractivity (Wildman–Crippen MR) is 58.6 cm³/mol. The summed E-state index contributed by atoms with van der Waals surface area (Å²) in [5, 5.41) is 3.43. The average Bonchev–Trinajstić information content (AvgIpc) is 2.84. The van der Waals surface area contributed by atoms with Crippen molar-refractivity contribution in [1.29, 1.82) is 0 Å². The molecule has 0 spiro atoms. The highest BCUT2D eigenvalue weighted by atomic mass is 15.1. The number of nitrogens with one attached hydrogen (secondary N) is 2. The molecule has 2 N–H and O–H groups in total. The molecule has 0 amide bonds. The van der Waals surface area contributed by atoms with Crippen LogP contribution >= 0.6 is 0 Å². The Balaban J connectivity index is 2.05. The number of aromatic amines is 1. The zero-order chi connectivity index (χ0) is 10.3. The number of H-pyrrole nitrogens is 1. The number of rotatable bonds is 1. The van der Waals surface area contributed by atoms with Crippen molar-refractivity contribution in [2.24, 2.45) is 0 Å². The summed E-state index contributed by atoms with van der Waals surface area (Å²) in [7, 11) is 0. The molecule has 2 aromatic rings. The van der Waals surface area contributed by atoms with Gasteiger partial charge in [0.2, 0.25) is 0 Å². The second-order valence-corrected chi connectivity index (χ2v) is 4.09. The van der Waals surface area contributed by atoms with E-state index in [1.807, 2.05) is 19.1 Å². The van der Waals surface area contributed by atoms with Crippen LogP contribution in [-0.2, 0) is 0 Å². The Labute approximate surface area is 88.1 Å². The molecule has 1 fully saturated rings. The maximum absolute atomic E-state index is 4.53. The van der Waals surface area contributed by atoms with Gasteiger partial charge in [0, 0.05) is 5.69 Å². The lowest BCUT2D eigenvalue weighted by Gasteiger charge is -2.04. The zero-order valence-corrected chi connectivity index (χ0v) is 8.75. The van der Waals surface area contributed by atoms with Gasteiger partial charge in [-0.25, -0.2) is 9.97 Å². The fourth-order valence-electron chi connectivity index (χ4n) is 2.09. The molecular formula is C11H14N4. The van der Waals surface area contributed by atoms with Crippen molar-refractivity contribution >= 4 is 11.2 Å². The standard InChI is InChI=1S/C11H14N4/c1-7-4-5-9-11(13-7)15-10(14-9)8-3-2-6-12-8/h4-5,8,12H,2-3,6H2,1H3,(H,13,14,15). The topological polar surface area (TPSA) is 53.6 Å². The average molecular weight is 202 g/mol. The maximum atomic E-state index is 4.53. The Bertz CT molecular complexity index is 482. The van der Waals surface area contributed by atoms with Gasteiger partial charge < -0.3 is 10.3 Å². The molecule has 0 aliphatic carbocycles. The first-order valence-corrected chi connectivity index (χ1v) is 5.39. The van der Waals surface area contributed by atoms with E-state index in [1.54, 1.807) is 0 Å². The summed E-state index contributed by atoms with van der Waals surface area (Å²) in [5.41, 5.74) is 2.88. The van der Waals surface area contributed by atoms with E-state index < -0.39 is 0 Å². The Kier molecular flexibility index (Phi) is 1.95. The van der Waals surface area contributed by atoms with Crippen molar-refractivity contribution in [1.82, 2.24) is 20.3 Å². The van der Waals surface area contributed by atoms with E-state index >= 15 is 0 Å². The van der Waals surface area contributed by atoms with Crippen molar-refractivity contribution in [2.45, 2.75) is 25.8 Å². The monoisotopic (exact) mass is 202 g/mol. The molecule has 1 aliphatic heterocycles. The number of aryl methyl sites for hydroxylation is 1. The summed E-state index contributed by atoms with van der Waals surface area (Å²) in [6.45, 7) is 3.08. The minimum atomic E-state index is 0.388. The first kappa shape index (κ1) is 8.85. The fourth-order valence-corrected chi connectivity index (χ4v) is 2.09. The van der Waals surface area contributed by atoms with E-state index in [0.29, 0.717) is 6.04 Å².